The van der Waals surface area contributed by atoms with E-state index in [0.29, 0.717) is 0 Å². The maximum atomic E-state index is 5.76. The van der Waals surface area contributed by atoms with Crippen molar-refractivity contribution in [2.75, 3.05) is 14.1 Å². The summed E-state index contributed by atoms with van der Waals surface area (Å²) in [6.07, 6.45) is 13.8. The number of thiocarbonyl (C=S) groups is 1. The van der Waals surface area contributed by atoms with Crippen molar-refractivity contribution >= 4 is 28.5 Å². The van der Waals surface area contributed by atoms with Gasteiger partial charge in [0, 0.05) is 12.1 Å². The van der Waals surface area contributed by atoms with E-state index in [1.807, 2.05) is 0 Å². The Morgan fingerprint density at radius 2 is 1.26 bits per heavy atom. The van der Waals surface area contributed by atoms with Gasteiger partial charge in [-0.05, 0) is 51.7 Å². The minimum atomic E-state index is 0.719. The number of nitrogens with zero attached hydrogens (tertiary/aromatic N) is 2. The fraction of sp³-hybridized carbons (Fsp3) is 0.933. The normalized spacial score (nSPS) is 22.7. The van der Waals surface area contributed by atoms with E-state index >= 15 is 0 Å². The van der Waals surface area contributed by atoms with Gasteiger partial charge < -0.3 is 4.90 Å². The van der Waals surface area contributed by atoms with E-state index in [0.717, 1.165) is 16.4 Å². The van der Waals surface area contributed by atoms with Crippen molar-refractivity contribution in [3.63, 3.8) is 0 Å². The molecule has 2 aliphatic carbocycles. The first-order valence-electron chi connectivity index (χ1n) is 7.86. The molecule has 19 heavy (non-hydrogen) atoms. The molecule has 2 aliphatic rings. The molecule has 0 atom stereocenters. The zero-order valence-corrected chi connectivity index (χ0v) is 14.1. The van der Waals surface area contributed by atoms with E-state index in [1.54, 1.807) is 11.9 Å². The zero-order chi connectivity index (χ0) is 13.7. The summed E-state index contributed by atoms with van der Waals surface area (Å²) in [6.45, 7) is 0. The summed E-state index contributed by atoms with van der Waals surface area (Å²) in [5, 5.41) is 0. The molecule has 0 saturated heterocycles. The second-order valence-electron chi connectivity index (χ2n) is 6.16. The van der Waals surface area contributed by atoms with Crippen LogP contribution in [0.3, 0.4) is 0 Å². The minimum Gasteiger partial charge on any atom is -0.351 e. The molecule has 0 unspecified atom stereocenters. The summed E-state index contributed by atoms with van der Waals surface area (Å²) >= 11 is 7.50. The van der Waals surface area contributed by atoms with Crippen LogP contribution in [-0.2, 0) is 0 Å². The Hall–Kier alpha value is 0.200. The quantitative estimate of drug-likeness (QED) is 0.561. The first-order valence-corrected chi connectivity index (χ1v) is 9.04. The fourth-order valence-corrected chi connectivity index (χ4v) is 4.97. The zero-order valence-electron chi connectivity index (χ0n) is 12.4. The predicted octanol–water partition coefficient (Wildman–Crippen LogP) is 4.45. The average molecular weight is 301 g/mol. The van der Waals surface area contributed by atoms with Crippen LogP contribution in [0.5, 0.6) is 0 Å². The molecule has 110 valence electrons. The molecule has 2 nitrogen and oxygen atoms in total. The molecule has 0 aromatic carbocycles. The molecule has 2 fully saturated rings. The highest BCUT2D eigenvalue weighted by molar-refractivity contribution is 8.21. The Morgan fingerprint density at radius 1 is 0.842 bits per heavy atom. The van der Waals surface area contributed by atoms with Crippen molar-refractivity contribution < 1.29 is 0 Å². The lowest BCUT2D eigenvalue weighted by atomic mass is 9.89. The lowest BCUT2D eigenvalue weighted by Crippen LogP contribution is -2.47. The van der Waals surface area contributed by atoms with E-state index < -0.39 is 0 Å². The molecule has 2 saturated carbocycles. The Kier molecular flexibility index (Phi) is 6.43. The summed E-state index contributed by atoms with van der Waals surface area (Å²) in [4.78, 5) is 2.64. The summed E-state index contributed by atoms with van der Waals surface area (Å²) in [5.74, 6) is 0. The standard InChI is InChI=1S/C15H28N2S2/c1-16(2)19-15(18)17(13-9-5-3-6-10-13)14-11-7-4-8-12-14/h13-14H,3-12H2,1-2H3. The minimum absolute atomic E-state index is 0.719. The van der Waals surface area contributed by atoms with Gasteiger partial charge in [-0.2, -0.15) is 0 Å². The van der Waals surface area contributed by atoms with Crippen LogP contribution in [-0.4, -0.2) is 39.7 Å². The summed E-state index contributed by atoms with van der Waals surface area (Å²) < 4.78 is 3.25. The second kappa shape index (κ2) is 7.84. The van der Waals surface area contributed by atoms with Crippen LogP contribution < -0.4 is 0 Å². The van der Waals surface area contributed by atoms with E-state index in [-0.39, 0.29) is 0 Å². The highest BCUT2D eigenvalue weighted by atomic mass is 32.2. The molecule has 0 bridgehead atoms. The topological polar surface area (TPSA) is 6.48 Å². The average Bonchev–Trinajstić information content (AvgIpc) is 2.40. The van der Waals surface area contributed by atoms with Crippen LogP contribution in [0.1, 0.15) is 64.2 Å². The Labute approximate surface area is 128 Å². The van der Waals surface area contributed by atoms with Crippen molar-refractivity contribution in [3.05, 3.63) is 0 Å². The molecule has 0 N–H and O–H groups in total. The van der Waals surface area contributed by atoms with E-state index in [4.69, 9.17) is 12.2 Å². The van der Waals surface area contributed by atoms with Gasteiger partial charge in [0.15, 0.2) is 4.32 Å². The predicted molar refractivity (Wildman–Crippen MR) is 89.5 cm³/mol. The maximum Gasteiger partial charge on any atom is 0.152 e. The van der Waals surface area contributed by atoms with Gasteiger partial charge in [-0.15, -0.1) is 0 Å². The summed E-state index contributed by atoms with van der Waals surface area (Å²) in [5.41, 5.74) is 0. The van der Waals surface area contributed by atoms with Crippen LogP contribution in [0.15, 0.2) is 0 Å². The van der Waals surface area contributed by atoms with Crippen molar-refractivity contribution in [1.29, 1.82) is 0 Å². The SMILES string of the molecule is CN(C)SC(=S)N(C1CCCCC1)C1CCCCC1. The Bertz CT molecular complexity index is 264. The number of rotatable bonds is 3. The molecular weight excluding hydrogens is 272 g/mol. The highest BCUT2D eigenvalue weighted by Gasteiger charge is 2.30. The van der Waals surface area contributed by atoms with Crippen LogP contribution in [0.2, 0.25) is 0 Å². The molecular formula is C15H28N2S2. The van der Waals surface area contributed by atoms with Gasteiger partial charge in [0.25, 0.3) is 0 Å². The Morgan fingerprint density at radius 3 is 1.63 bits per heavy atom. The highest BCUT2D eigenvalue weighted by Crippen LogP contribution is 2.32. The van der Waals surface area contributed by atoms with Gasteiger partial charge >= 0.3 is 0 Å². The van der Waals surface area contributed by atoms with Gasteiger partial charge in [0.1, 0.15) is 0 Å². The molecule has 4 heteroatoms. The van der Waals surface area contributed by atoms with Crippen LogP contribution >= 0.6 is 24.2 Å². The van der Waals surface area contributed by atoms with Crippen LogP contribution in [0.25, 0.3) is 0 Å². The van der Waals surface area contributed by atoms with Crippen molar-refractivity contribution in [1.82, 2.24) is 9.21 Å². The first kappa shape index (κ1) is 15.6. The third-order valence-corrected chi connectivity index (χ3v) is 5.57. The largest absolute Gasteiger partial charge is 0.351 e. The van der Waals surface area contributed by atoms with Gasteiger partial charge in [0.05, 0.1) is 0 Å². The Balaban J connectivity index is 2.04. The molecule has 0 spiro atoms. The third kappa shape index (κ3) is 4.61. The molecule has 2 rings (SSSR count). The second-order valence-corrected chi connectivity index (χ2v) is 8.11. The molecule has 0 aromatic rings. The van der Waals surface area contributed by atoms with Gasteiger partial charge in [-0.1, -0.05) is 50.7 Å². The summed E-state index contributed by atoms with van der Waals surface area (Å²) in [6, 6.07) is 1.44. The van der Waals surface area contributed by atoms with E-state index in [1.165, 1.54) is 64.2 Å². The first-order chi connectivity index (χ1) is 9.18. The number of hydrogen-bond acceptors (Lipinski definition) is 3. The van der Waals surface area contributed by atoms with Crippen molar-refractivity contribution in [2.45, 2.75) is 76.3 Å². The van der Waals surface area contributed by atoms with Gasteiger partial charge in [0.2, 0.25) is 0 Å². The maximum absolute atomic E-state index is 5.76. The fourth-order valence-electron chi connectivity index (χ4n) is 3.52. The van der Waals surface area contributed by atoms with Gasteiger partial charge in [-0.3, -0.25) is 4.31 Å². The smallest absolute Gasteiger partial charge is 0.152 e. The van der Waals surface area contributed by atoms with Gasteiger partial charge in [-0.25, -0.2) is 0 Å². The van der Waals surface area contributed by atoms with E-state index in [2.05, 4.69) is 23.3 Å². The van der Waals surface area contributed by atoms with E-state index in [9.17, 15) is 0 Å². The van der Waals surface area contributed by atoms with Crippen molar-refractivity contribution in [3.8, 4) is 0 Å². The lowest BCUT2D eigenvalue weighted by Gasteiger charge is -2.43. The molecule has 0 radical (unpaired) electrons. The molecule has 0 aliphatic heterocycles. The number of hydrogen-bond donors (Lipinski definition) is 0. The third-order valence-electron chi connectivity index (χ3n) is 4.41. The lowest BCUT2D eigenvalue weighted by molar-refractivity contribution is 0.164. The molecule has 0 amide bonds. The monoisotopic (exact) mass is 300 g/mol. The molecule has 0 aromatic heterocycles. The van der Waals surface area contributed by atoms with Crippen LogP contribution in [0, 0.1) is 0 Å². The van der Waals surface area contributed by atoms with Crippen LogP contribution in [0.4, 0.5) is 0 Å². The van der Waals surface area contributed by atoms with Crippen molar-refractivity contribution in [2.24, 2.45) is 0 Å². The summed E-state index contributed by atoms with van der Waals surface area (Å²) in [7, 11) is 4.19. The molecule has 0 heterocycles.